The van der Waals surface area contributed by atoms with E-state index >= 15 is 0 Å². The molecule has 0 saturated heterocycles. The Balaban J connectivity index is 1.28. The van der Waals surface area contributed by atoms with Crippen LogP contribution in [0.25, 0.3) is 11.5 Å². The minimum atomic E-state index is -0.0138. The number of hydrogen-bond donors (Lipinski definition) is 1. The number of aryl methyl sites for hydroxylation is 2. The van der Waals surface area contributed by atoms with Crippen molar-refractivity contribution in [3.63, 3.8) is 0 Å². The third-order valence-corrected chi connectivity index (χ3v) is 5.47. The first-order valence-corrected chi connectivity index (χ1v) is 10.1. The molecule has 0 atom stereocenters. The fourth-order valence-electron chi connectivity index (χ4n) is 3.32. The molecule has 1 amide bonds. The first-order chi connectivity index (χ1) is 13.2. The molecule has 0 aliphatic carbocycles. The zero-order chi connectivity index (χ0) is 18.6. The van der Waals surface area contributed by atoms with Crippen LogP contribution in [0.2, 0.25) is 0 Å². The van der Waals surface area contributed by atoms with E-state index in [-0.39, 0.29) is 5.91 Å². The predicted octanol–water partition coefficient (Wildman–Crippen LogP) is 3.43. The molecule has 3 heterocycles. The van der Waals surface area contributed by atoms with Crippen molar-refractivity contribution in [2.75, 3.05) is 18.5 Å². The number of thiophene rings is 1. The number of nitrogens with zero attached hydrogens (tertiary/aromatic N) is 3. The number of benzene rings is 1. The van der Waals surface area contributed by atoms with Gasteiger partial charge in [-0.3, -0.25) is 4.79 Å². The van der Waals surface area contributed by atoms with E-state index in [0.29, 0.717) is 31.2 Å². The lowest BCUT2D eigenvalue weighted by molar-refractivity contribution is -0.121. The number of aromatic nitrogens is 2. The Kier molecular flexibility index (Phi) is 5.20. The highest BCUT2D eigenvalue weighted by atomic mass is 32.1. The van der Waals surface area contributed by atoms with Crippen molar-refractivity contribution in [2.24, 2.45) is 0 Å². The Hall–Kier alpha value is -2.67. The van der Waals surface area contributed by atoms with Crippen molar-refractivity contribution in [1.82, 2.24) is 15.5 Å². The molecule has 0 unspecified atom stereocenters. The van der Waals surface area contributed by atoms with Crippen molar-refractivity contribution in [2.45, 2.75) is 32.2 Å². The average molecular weight is 382 g/mol. The largest absolute Gasteiger partial charge is 0.421 e. The summed E-state index contributed by atoms with van der Waals surface area (Å²) in [6.45, 7) is 1.65. The van der Waals surface area contributed by atoms with Gasteiger partial charge in [0.25, 0.3) is 0 Å². The molecule has 0 fully saturated rings. The Morgan fingerprint density at radius 1 is 1.33 bits per heavy atom. The van der Waals surface area contributed by atoms with Crippen LogP contribution < -0.4 is 10.2 Å². The Morgan fingerprint density at radius 2 is 2.26 bits per heavy atom. The maximum absolute atomic E-state index is 12.2. The number of anilines is 1. The van der Waals surface area contributed by atoms with E-state index in [9.17, 15) is 4.79 Å². The van der Waals surface area contributed by atoms with Crippen molar-refractivity contribution in [3.8, 4) is 11.5 Å². The van der Waals surface area contributed by atoms with Crippen LogP contribution in [-0.4, -0.2) is 29.7 Å². The molecule has 0 bridgehead atoms. The summed E-state index contributed by atoms with van der Waals surface area (Å²) in [5.41, 5.74) is 4.72. The summed E-state index contributed by atoms with van der Waals surface area (Å²) in [6.07, 6.45) is 3.05. The van der Waals surface area contributed by atoms with Gasteiger partial charge in [0.2, 0.25) is 17.7 Å². The molecular weight excluding hydrogens is 360 g/mol. The summed E-state index contributed by atoms with van der Waals surface area (Å²) in [7, 11) is 2.13. The third-order valence-electron chi connectivity index (χ3n) is 4.79. The second-order valence-electron chi connectivity index (χ2n) is 6.78. The van der Waals surface area contributed by atoms with E-state index in [0.717, 1.165) is 24.1 Å². The molecular formula is C20H22N4O2S. The van der Waals surface area contributed by atoms with Gasteiger partial charge in [-0.25, -0.2) is 0 Å². The molecule has 1 aliphatic rings. The standard InChI is InChI=1S/C20H22N4O2S/c1-24-9-2-3-15-11-14(4-5-17(15)24)12-21-18(25)6-7-19-22-23-20(26-19)16-8-10-27-13-16/h4-5,8,10-11,13H,2-3,6-7,9,12H2,1H3,(H,21,25). The summed E-state index contributed by atoms with van der Waals surface area (Å²) in [5.74, 6) is 0.981. The van der Waals surface area contributed by atoms with Gasteiger partial charge in [0.15, 0.2) is 0 Å². The molecule has 0 spiro atoms. The highest BCUT2D eigenvalue weighted by molar-refractivity contribution is 7.08. The average Bonchev–Trinajstić information content (AvgIpc) is 3.36. The van der Waals surface area contributed by atoms with Gasteiger partial charge in [0, 0.05) is 49.6 Å². The molecule has 0 radical (unpaired) electrons. The fraction of sp³-hybridized carbons (Fsp3) is 0.350. The number of fused-ring (bicyclic) bond motifs is 1. The minimum Gasteiger partial charge on any atom is -0.421 e. The number of carbonyl (C=O) groups is 1. The Morgan fingerprint density at radius 3 is 3.11 bits per heavy atom. The van der Waals surface area contributed by atoms with Crippen LogP contribution in [-0.2, 0) is 24.2 Å². The van der Waals surface area contributed by atoms with Crippen LogP contribution in [0.4, 0.5) is 5.69 Å². The summed E-state index contributed by atoms with van der Waals surface area (Å²) in [6, 6.07) is 8.38. The maximum Gasteiger partial charge on any atom is 0.248 e. The summed E-state index contributed by atoms with van der Waals surface area (Å²) in [4.78, 5) is 14.4. The molecule has 140 valence electrons. The first-order valence-electron chi connectivity index (χ1n) is 9.13. The van der Waals surface area contributed by atoms with E-state index in [2.05, 4.69) is 45.7 Å². The van der Waals surface area contributed by atoms with Gasteiger partial charge < -0.3 is 14.6 Å². The van der Waals surface area contributed by atoms with Crippen molar-refractivity contribution in [3.05, 3.63) is 52.0 Å². The molecule has 2 aromatic heterocycles. The number of nitrogens with one attached hydrogen (secondary N) is 1. The quantitative estimate of drug-likeness (QED) is 0.707. The normalized spacial score (nSPS) is 13.4. The van der Waals surface area contributed by atoms with Crippen LogP contribution >= 0.6 is 11.3 Å². The summed E-state index contributed by atoms with van der Waals surface area (Å²) in [5, 5.41) is 15.0. The second-order valence-corrected chi connectivity index (χ2v) is 7.56. The predicted molar refractivity (Wildman–Crippen MR) is 106 cm³/mol. The highest BCUT2D eigenvalue weighted by Gasteiger charge is 2.14. The van der Waals surface area contributed by atoms with Crippen LogP contribution in [0, 0.1) is 0 Å². The zero-order valence-electron chi connectivity index (χ0n) is 15.3. The van der Waals surface area contributed by atoms with E-state index in [1.165, 1.54) is 17.7 Å². The van der Waals surface area contributed by atoms with Gasteiger partial charge in [0.1, 0.15) is 0 Å². The highest BCUT2D eigenvalue weighted by Crippen LogP contribution is 2.26. The fourth-order valence-corrected chi connectivity index (χ4v) is 3.95. The smallest absolute Gasteiger partial charge is 0.248 e. The molecule has 27 heavy (non-hydrogen) atoms. The summed E-state index contributed by atoms with van der Waals surface area (Å²) < 4.78 is 5.61. The van der Waals surface area contributed by atoms with Gasteiger partial charge in [-0.05, 0) is 41.5 Å². The van der Waals surface area contributed by atoms with E-state index in [1.807, 2.05) is 16.8 Å². The van der Waals surface area contributed by atoms with Crippen molar-refractivity contribution >= 4 is 22.9 Å². The monoisotopic (exact) mass is 382 g/mol. The van der Waals surface area contributed by atoms with Crippen LogP contribution in [0.15, 0.2) is 39.4 Å². The molecule has 7 heteroatoms. The van der Waals surface area contributed by atoms with Gasteiger partial charge >= 0.3 is 0 Å². The van der Waals surface area contributed by atoms with Crippen LogP contribution in [0.5, 0.6) is 0 Å². The topological polar surface area (TPSA) is 71.3 Å². The van der Waals surface area contributed by atoms with Gasteiger partial charge in [-0.1, -0.05) is 12.1 Å². The Labute approximate surface area is 162 Å². The minimum absolute atomic E-state index is 0.0138. The van der Waals surface area contributed by atoms with Crippen molar-refractivity contribution in [1.29, 1.82) is 0 Å². The second kappa shape index (κ2) is 7.92. The molecule has 3 aromatic rings. The lowest BCUT2D eigenvalue weighted by Gasteiger charge is -2.27. The summed E-state index contributed by atoms with van der Waals surface area (Å²) >= 11 is 1.58. The molecule has 1 N–H and O–H groups in total. The zero-order valence-corrected chi connectivity index (χ0v) is 16.1. The number of rotatable bonds is 6. The molecule has 6 nitrogen and oxygen atoms in total. The van der Waals surface area contributed by atoms with Crippen LogP contribution in [0.3, 0.4) is 0 Å². The molecule has 1 aliphatic heterocycles. The number of hydrogen-bond acceptors (Lipinski definition) is 6. The molecule has 1 aromatic carbocycles. The van der Waals surface area contributed by atoms with Gasteiger partial charge in [0.05, 0.1) is 0 Å². The SMILES string of the molecule is CN1CCCc2cc(CNC(=O)CCc3nnc(-c4ccsc4)o3)ccc21. The van der Waals surface area contributed by atoms with Crippen molar-refractivity contribution < 1.29 is 9.21 Å². The lowest BCUT2D eigenvalue weighted by atomic mass is 9.99. The van der Waals surface area contributed by atoms with E-state index in [1.54, 1.807) is 11.3 Å². The lowest BCUT2D eigenvalue weighted by Crippen LogP contribution is -2.26. The van der Waals surface area contributed by atoms with Gasteiger partial charge in [-0.2, -0.15) is 11.3 Å². The van der Waals surface area contributed by atoms with Crippen LogP contribution in [0.1, 0.15) is 29.9 Å². The van der Waals surface area contributed by atoms with E-state index < -0.39 is 0 Å². The third kappa shape index (κ3) is 4.19. The molecule has 4 rings (SSSR count). The number of amides is 1. The van der Waals surface area contributed by atoms with Gasteiger partial charge in [-0.15, -0.1) is 10.2 Å². The Bertz CT molecular complexity index is 920. The first kappa shape index (κ1) is 17.7. The number of carbonyl (C=O) groups excluding carboxylic acids is 1. The van der Waals surface area contributed by atoms with E-state index in [4.69, 9.17) is 4.42 Å². The maximum atomic E-state index is 12.2. The molecule has 0 saturated carbocycles.